The van der Waals surface area contributed by atoms with E-state index < -0.39 is 91.2 Å². The van der Waals surface area contributed by atoms with Gasteiger partial charge in [-0.1, -0.05) is 0 Å². The standard InChI is InChI=1S/C20H33N5O11/c1-9(23-17(31)10(2)26)16(30)25-13(20(35)36)6-7-14(27)24-12(18(32)22-8-15(28)29)5-3-4-11(21)19(33)34/h9-13,26H,3-8,21H2,1-2H3,(H,22,32)(H,23,31)(H,24,27)(H,25,30)(H,28,29)(H,33,34)(H,35,36)/t9-,10+,11+,12+,13?/m0/s1. The van der Waals surface area contributed by atoms with Crippen molar-refractivity contribution in [2.45, 2.75) is 76.2 Å². The van der Waals surface area contributed by atoms with Crippen molar-refractivity contribution in [1.29, 1.82) is 0 Å². The highest BCUT2D eigenvalue weighted by molar-refractivity contribution is 5.92. The molecule has 0 spiro atoms. The summed E-state index contributed by atoms with van der Waals surface area (Å²) in [6.45, 7) is 1.71. The van der Waals surface area contributed by atoms with Crippen molar-refractivity contribution in [3.05, 3.63) is 0 Å². The van der Waals surface area contributed by atoms with E-state index in [2.05, 4.69) is 21.3 Å². The Morgan fingerprint density at radius 2 is 1.36 bits per heavy atom. The summed E-state index contributed by atoms with van der Waals surface area (Å²) < 4.78 is 0. The third kappa shape index (κ3) is 13.2. The summed E-state index contributed by atoms with van der Waals surface area (Å²) in [7, 11) is 0. The molecule has 0 aromatic carbocycles. The van der Waals surface area contributed by atoms with Gasteiger partial charge in [-0.3, -0.25) is 28.8 Å². The fourth-order valence-corrected chi connectivity index (χ4v) is 2.72. The predicted molar refractivity (Wildman–Crippen MR) is 120 cm³/mol. The molecule has 0 aromatic rings. The molecule has 0 saturated heterocycles. The van der Waals surface area contributed by atoms with Gasteiger partial charge in [0.1, 0.15) is 36.8 Å². The second-order valence-electron chi connectivity index (χ2n) is 7.95. The van der Waals surface area contributed by atoms with Crippen LogP contribution in [0.2, 0.25) is 0 Å². The van der Waals surface area contributed by atoms with Crippen molar-refractivity contribution >= 4 is 41.5 Å². The summed E-state index contributed by atoms with van der Waals surface area (Å²) in [6, 6.07) is -5.15. The number of carbonyl (C=O) groups excluding carboxylic acids is 4. The van der Waals surface area contributed by atoms with E-state index in [0.717, 1.165) is 0 Å². The Morgan fingerprint density at radius 1 is 0.750 bits per heavy atom. The number of nitrogens with two attached hydrogens (primary N) is 1. The molecular formula is C20H33N5O11. The number of aliphatic hydroxyl groups excluding tert-OH is 1. The minimum atomic E-state index is -1.53. The topological polar surface area (TPSA) is 275 Å². The Bertz CT molecular complexity index is 833. The van der Waals surface area contributed by atoms with Crippen LogP contribution in [0, 0.1) is 0 Å². The first-order chi connectivity index (χ1) is 16.6. The van der Waals surface area contributed by atoms with Gasteiger partial charge in [0.25, 0.3) is 0 Å². The van der Waals surface area contributed by atoms with Crippen LogP contribution in [-0.4, -0.2) is 98.8 Å². The zero-order valence-electron chi connectivity index (χ0n) is 19.9. The number of hydrogen-bond donors (Lipinski definition) is 9. The average Bonchev–Trinajstić information content (AvgIpc) is 2.78. The molecule has 0 bridgehead atoms. The van der Waals surface area contributed by atoms with Crippen molar-refractivity contribution in [3.63, 3.8) is 0 Å². The number of carboxylic acids is 3. The lowest BCUT2D eigenvalue weighted by atomic mass is 10.0. The van der Waals surface area contributed by atoms with E-state index in [1.165, 1.54) is 13.8 Å². The minimum Gasteiger partial charge on any atom is -0.480 e. The largest absolute Gasteiger partial charge is 0.480 e. The van der Waals surface area contributed by atoms with Crippen LogP contribution in [0.15, 0.2) is 0 Å². The highest BCUT2D eigenvalue weighted by Crippen LogP contribution is 2.06. The molecule has 1 unspecified atom stereocenters. The Hall–Kier alpha value is -3.79. The number of nitrogens with one attached hydrogen (secondary N) is 4. The molecule has 5 atom stereocenters. The molecule has 0 saturated carbocycles. The van der Waals surface area contributed by atoms with Gasteiger partial charge < -0.3 is 47.4 Å². The number of aliphatic hydroxyl groups is 1. The Balaban J connectivity index is 5.04. The van der Waals surface area contributed by atoms with Crippen molar-refractivity contribution < 1.29 is 54.0 Å². The van der Waals surface area contributed by atoms with E-state index in [0.29, 0.717) is 0 Å². The maximum Gasteiger partial charge on any atom is 0.326 e. The summed E-state index contributed by atoms with van der Waals surface area (Å²) in [5.41, 5.74) is 5.40. The zero-order valence-corrected chi connectivity index (χ0v) is 19.9. The molecular weight excluding hydrogens is 486 g/mol. The van der Waals surface area contributed by atoms with Gasteiger partial charge in [0.2, 0.25) is 23.6 Å². The Kier molecular flexibility index (Phi) is 14.3. The van der Waals surface area contributed by atoms with Crippen LogP contribution in [0.5, 0.6) is 0 Å². The Labute approximate surface area is 206 Å². The van der Waals surface area contributed by atoms with E-state index in [1.807, 2.05) is 0 Å². The highest BCUT2D eigenvalue weighted by atomic mass is 16.4. The van der Waals surface area contributed by atoms with Crippen molar-refractivity contribution in [1.82, 2.24) is 21.3 Å². The lowest BCUT2D eigenvalue weighted by Gasteiger charge is -2.21. The molecule has 204 valence electrons. The molecule has 4 amide bonds. The number of amides is 4. The van der Waals surface area contributed by atoms with Crippen LogP contribution in [0.4, 0.5) is 0 Å². The SMILES string of the molecule is C[C@H](NC(=O)[C@@H](C)O)C(=O)NC(CCC(=O)N[C@H](CCC[C@@H](N)C(=O)O)C(=O)NCC(=O)O)C(=O)O. The van der Waals surface area contributed by atoms with Crippen LogP contribution in [-0.2, 0) is 33.6 Å². The quantitative estimate of drug-likeness (QED) is 0.0905. The molecule has 0 aliphatic heterocycles. The molecule has 36 heavy (non-hydrogen) atoms. The molecule has 0 radical (unpaired) electrons. The maximum atomic E-state index is 12.4. The van der Waals surface area contributed by atoms with Gasteiger partial charge in [0.15, 0.2) is 0 Å². The summed E-state index contributed by atoms with van der Waals surface area (Å²) >= 11 is 0. The summed E-state index contributed by atoms with van der Waals surface area (Å²) in [4.78, 5) is 81.2. The minimum absolute atomic E-state index is 0.0230. The lowest BCUT2D eigenvalue weighted by molar-refractivity contribution is -0.143. The van der Waals surface area contributed by atoms with Gasteiger partial charge in [-0.2, -0.15) is 0 Å². The number of rotatable bonds is 17. The van der Waals surface area contributed by atoms with E-state index in [9.17, 15) is 43.8 Å². The first-order valence-corrected chi connectivity index (χ1v) is 10.9. The van der Waals surface area contributed by atoms with Gasteiger partial charge in [-0.05, 0) is 39.5 Å². The monoisotopic (exact) mass is 519 g/mol. The van der Waals surface area contributed by atoms with Crippen LogP contribution in [0.1, 0.15) is 46.0 Å². The molecule has 0 aliphatic rings. The van der Waals surface area contributed by atoms with Gasteiger partial charge in [-0.15, -0.1) is 0 Å². The number of aliphatic carboxylic acids is 3. The molecule has 16 nitrogen and oxygen atoms in total. The van der Waals surface area contributed by atoms with Crippen molar-refractivity contribution in [2.75, 3.05) is 6.54 Å². The molecule has 0 heterocycles. The summed E-state index contributed by atoms with van der Waals surface area (Å²) in [5.74, 6) is -7.42. The van der Waals surface area contributed by atoms with Gasteiger partial charge in [0.05, 0.1) is 0 Å². The molecule has 0 fully saturated rings. The van der Waals surface area contributed by atoms with Crippen LogP contribution < -0.4 is 27.0 Å². The second-order valence-corrected chi connectivity index (χ2v) is 7.95. The zero-order chi connectivity index (χ0) is 28.0. The van der Waals surface area contributed by atoms with E-state index in [1.54, 1.807) is 0 Å². The van der Waals surface area contributed by atoms with Crippen LogP contribution in [0.3, 0.4) is 0 Å². The highest BCUT2D eigenvalue weighted by Gasteiger charge is 2.27. The molecule has 0 aliphatic carbocycles. The fourth-order valence-electron chi connectivity index (χ4n) is 2.72. The normalized spacial score (nSPS) is 14.8. The fraction of sp³-hybridized carbons (Fsp3) is 0.650. The summed E-state index contributed by atoms with van der Waals surface area (Å²) in [5, 5.41) is 44.8. The molecule has 0 aromatic heterocycles. The second kappa shape index (κ2) is 16.0. The van der Waals surface area contributed by atoms with Crippen LogP contribution in [0.25, 0.3) is 0 Å². The number of hydrogen-bond acceptors (Lipinski definition) is 9. The van der Waals surface area contributed by atoms with Crippen LogP contribution >= 0.6 is 0 Å². The third-order valence-electron chi connectivity index (χ3n) is 4.80. The van der Waals surface area contributed by atoms with Gasteiger partial charge in [-0.25, -0.2) is 4.79 Å². The average molecular weight is 520 g/mol. The molecule has 16 heteroatoms. The third-order valence-corrected chi connectivity index (χ3v) is 4.80. The van der Waals surface area contributed by atoms with Gasteiger partial charge >= 0.3 is 17.9 Å². The first kappa shape index (κ1) is 32.2. The van der Waals surface area contributed by atoms with E-state index in [4.69, 9.17) is 15.9 Å². The van der Waals surface area contributed by atoms with E-state index >= 15 is 0 Å². The molecule has 0 rings (SSSR count). The molecule has 10 N–H and O–H groups in total. The lowest BCUT2D eigenvalue weighted by Crippen LogP contribution is -2.52. The van der Waals surface area contributed by atoms with Crippen molar-refractivity contribution in [3.8, 4) is 0 Å². The smallest absolute Gasteiger partial charge is 0.326 e. The summed E-state index contributed by atoms with van der Waals surface area (Å²) in [6.07, 6.45) is -2.23. The maximum absolute atomic E-state index is 12.4. The van der Waals surface area contributed by atoms with E-state index in [-0.39, 0.29) is 19.3 Å². The first-order valence-electron chi connectivity index (χ1n) is 10.9. The Morgan fingerprint density at radius 3 is 1.86 bits per heavy atom. The number of carboxylic acid groups (broad SMARTS) is 3. The number of carbonyl (C=O) groups is 7. The van der Waals surface area contributed by atoms with Crippen molar-refractivity contribution in [2.24, 2.45) is 5.73 Å². The predicted octanol–water partition coefficient (Wildman–Crippen LogP) is -3.51. The van der Waals surface area contributed by atoms with Gasteiger partial charge in [0, 0.05) is 6.42 Å².